The number of ether oxygens (including phenoxy) is 1. The highest BCUT2D eigenvalue weighted by atomic mass is 32.2. The summed E-state index contributed by atoms with van der Waals surface area (Å²) in [6, 6.07) is 9.76. The molecule has 0 N–H and O–H groups in total. The van der Waals surface area contributed by atoms with Gasteiger partial charge in [0.25, 0.3) is 0 Å². The normalized spacial score (nSPS) is 16.2. The van der Waals surface area contributed by atoms with Gasteiger partial charge in [0.05, 0.1) is 17.6 Å². The predicted octanol–water partition coefficient (Wildman–Crippen LogP) is 3.53. The second-order valence-corrected chi connectivity index (χ2v) is 8.51. The van der Waals surface area contributed by atoms with Crippen LogP contribution in [0.15, 0.2) is 47.4 Å². The minimum absolute atomic E-state index is 0.179. The summed E-state index contributed by atoms with van der Waals surface area (Å²) in [5.41, 5.74) is 0.437. The first-order valence-electron chi connectivity index (χ1n) is 8.70. The molecule has 0 aliphatic carbocycles. The van der Waals surface area contributed by atoms with Crippen LogP contribution in [0.2, 0.25) is 0 Å². The van der Waals surface area contributed by atoms with Crippen molar-refractivity contribution in [2.24, 2.45) is 0 Å². The number of methoxy groups -OCH3 is 1. The lowest BCUT2D eigenvalue weighted by Gasteiger charge is -2.35. The molecule has 0 bridgehead atoms. The molecule has 152 valence electrons. The molecule has 28 heavy (non-hydrogen) atoms. The van der Waals surface area contributed by atoms with Gasteiger partial charge in [-0.15, -0.1) is 0 Å². The molecule has 0 unspecified atom stereocenters. The predicted molar refractivity (Wildman–Crippen MR) is 100 cm³/mol. The highest BCUT2D eigenvalue weighted by Crippen LogP contribution is 2.32. The maximum Gasteiger partial charge on any atom is 0.416 e. The van der Waals surface area contributed by atoms with Gasteiger partial charge in [-0.25, -0.2) is 8.42 Å². The summed E-state index contributed by atoms with van der Waals surface area (Å²) in [5, 5.41) is 0. The minimum Gasteiger partial charge on any atom is -0.496 e. The molecule has 0 saturated carbocycles. The van der Waals surface area contributed by atoms with Crippen molar-refractivity contribution in [3.63, 3.8) is 0 Å². The summed E-state index contributed by atoms with van der Waals surface area (Å²) in [6.07, 6.45) is -4.41. The van der Waals surface area contributed by atoms with Gasteiger partial charge in [0.2, 0.25) is 10.0 Å². The lowest BCUT2D eigenvalue weighted by Crippen LogP contribution is -2.48. The zero-order valence-corrected chi connectivity index (χ0v) is 16.3. The molecule has 9 heteroatoms. The number of hydrogen-bond acceptors (Lipinski definition) is 4. The van der Waals surface area contributed by atoms with Gasteiger partial charge in [0, 0.05) is 31.9 Å². The van der Waals surface area contributed by atoms with Crippen LogP contribution in [0.4, 0.5) is 18.9 Å². The van der Waals surface area contributed by atoms with Crippen LogP contribution in [0.5, 0.6) is 5.75 Å². The maximum atomic E-state index is 12.9. The second kappa shape index (κ2) is 7.63. The van der Waals surface area contributed by atoms with E-state index in [4.69, 9.17) is 4.74 Å². The number of hydrogen-bond donors (Lipinski definition) is 0. The summed E-state index contributed by atoms with van der Waals surface area (Å²) in [4.78, 5) is 1.94. The van der Waals surface area contributed by atoms with Gasteiger partial charge in [-0.2, -0.15) is 17.5 Å². The third-order valence-electron chi connectivity index (χ3n) is 4.78. The van der Waals surface area contributed by atoms with E-state index in [1.165, 1.54) is 23.5 Å². The molecule has 0 spiro atoms. The van der Waals surface area contributed by atoms with Crippen molar-refractivity contribution in [1.29, 1.82) is 0 Å². The molecule has 1 aliphatic rings. The number of anilines is 1. The molecule has 3 rings (SSSR count). The van der Waals surface area contributed by atoms with E-state index in [2.05, 4.69) is 0 Å². The Balaban J connectivity index is 1.74. The molecule has 5 nitrogen and oxygen atoms in total. The van der Waals surface area contributed by atoms with Crippen molar-refractivity contribution in [2.75, 3.05) is 38.2 Å². The molecule has 2 aromatic carbocycles. The number of halogens is 3. The Morgan fingerprint density at radius 3 is 2.25 bits per heavy atom. The van der Waals surface area contributed by atoms with Crippen LogP contribution < -0.4 is 9.64 Å². The van der Waals surface area contributed by atoms with E-state index in [0.29, 0.717) is 30.1 Å². The van der Waals surface area contributed by atoms with Gasteiger partial charge in [-0.05, 0) is 48.9 Å². The smallest absolute Gasteiger partial charge is 0.416 e. The highest BCUT2D eigenvalue weighted by molar-refractivity contribution is 7.89. The Hall–Kier alpha value is -2.26. The van der Waals surface area contributed by atoms with E-state index in [1.807, 2.05) is 0 Å². The largest absolute Gasteiger partial charge is 0.496 e. The summed E-state index contributed by atoms with van der Waals surface area (Å²) in [6.45, 7) is 2.79. The van der Waals surface area contributed by atoms with Crippen LogP contribution in [0.1, 0.15) is 11.1 Å². The summed E-state index contributed by atoms with van der Waals surface area (Å²) in [5.74, 6) is 0.605. The fourth-order valence-electron chi connectivity index (χ4n) is 3.23. The van der Waals surface area contributed by atoms with Gasteiger partial charge in [-0.1, -0.05) is 6.07 Å². The van der Waals surface area contributed by atoms with Crippen molar-refractivity contribution >= 4 is 15.7 Å². The SMILES string of the molecule is COc1ccc(S(=O)(=O)N2CCN(c3cccc(C(F)(F)F)c3)CC2)cc1C. The number of alkyl halides is 3. The number of aryl methyl sites for hydroxylation is 1. The molecule has 2 aromatic rings. The molecular formula is C19H21F3N2O3S. The minimum atomic E-state index is -4.41. The van der Waals surface area contributed by atoms with Crippen LogP contribution in [-0.2, 0) is 16.2 Å². The highest BCUT2D eigenvalue weighted by Gasteiger charge is 2.32. The summed E-state index contributed by atoms with van der Waals surface area (Å²) in [7, 11) is -2.16. The standard InChI is InChI=1S/C19H21F3N2O3S/c1-14-12-17(6-7-18(14)27-2)28(25,26)24-10-8-23(9-11-24)16-5-3-4-15(13-16)19(20,21)22/h3-7,12-13H,8-11H2,1-2H3. The van der Waals surface area contributed by atoms with Gasteiger partial charge >= 0.3 is 6.18 Å². The second-order valence-electron chi connectivity index (χ2n) is 6.57. The summed E-state index contributed by atoms with van der Waals surface area (Å²) >= 11 is 0. The zero-order chi connectivity index (χ0) is 20.5. The van der Waals surface area contributed by atoms with Crippen molar-refractivity contribution < 1.29 is 26.3 Å². The molecule has 0 radical (unpaired) electrons. The van der Waals surface area contributed by atoms with Crippen LogP contribution in [0.25, 0.3) is 0 Å². The first kappa shape index (κ1) is 20.5. The molecule has 1 fully saturated rings. The lowest BCUT2D eigenvalue weighted by atomic mass is 10.1. The van der Waals surface area contributed by atoms with Gasteiger partial charge in [0.1, 0.15) is 5.75 Å². The average Bonchev–Trinajstić information content (AvgIpc) is 2.67. The van der Waals surface area contributed by atoms with Crippen molar-refractivity contribution in [2.45, 2.75) is 18.0 Å². The zero-order valence-electron chi connectivity index (χ0n) is 15.5. The molecule has 1 saturated heterocycles. The molecular weight excluding hydrogens is 393 g/mol. The van der Waals surface area contributed by atoms with Crippen LogP contribution in [0.3, 0.4) is 0 Å². The first-order chi connectivity index (χ1) is 13.1. The van der Waals surface area contributed by atoms with E-state index in [0.717, 1.165) is 12.1 Å². The Morgan fingerprint density at radius 1 is 1.00 bits per heavy atom. The lowest BCUT2D eigenvalue weighted by molar-refractivity contribution is -0.137. The van der Waals surface area contributed by atoms with E-state index in [9.17, 15) is 21.6 Å². The van der Waals surface area contributed by atoms with Crippen LogP contribution in [-0.4, -0.2) is 46.0 Å². The topological polar surface area (TPSA) is 49.9 Å². The van der Waals surface area contributed by atoms with Crippen LogP contribution in [0, 0.1) is 6.92 Å². The summed E-state index contributed by atoms with van der Waals surface area (Å²) < 4.78 is 71.0. The maximum absolute atomic E-state index is 12.9. The number of nitrogens with zero attached hydrogens (tertiary/aromatic N) is 2. The fourth-order valence-corrected chi connectivity index (χ4v) is 4.73. The van der Waals surface area contributed by atoms with E-state index >= 15 is 0 Å². The molecule has 0 amide bonds. The number of piperazine rings is 1. The Labute approximate surface area is 162 Å². The molecule has 0 aromatic heterocycles. The van der Waals surface area contributed by atoms with Gasteiger partial charge < -0.3 is 9.64 Å². The third kappa shape index (κ3) is 4.10. The van der Waals surface area contributed by atoms with Gasteiger partial charge in [-0.3, -0.25) is 0 Å². The molecule has 1 heterocycles. The Kier molecular flexibility index (Phi) is 5.58. The molecule has 1 aliphatic heterocycles. The Morgan fingerprint density at radius 2 is 1.68 bits per heavy atom. The Bertz CT molecular complexity index is 953. The number of benzene rings is 2. The fraction of sp³-hybridized carbons (Fsp3) is 0.368. The first-order valence-corrected chi connectivity index (χ1v) is 10.1. The van der Waals surface area contributed by atoms with E-state index in [1.54, 1.807) is 30.0 Å². The average molecular weight is 414 g/mol. The third-order valence-corrected chi connectivity index (χ3v) is 6.68. The van der Waals surface area contributed by atoms with E-state index < -0.39 is 21.8 Å². The van der Waals surface area contributed by atoms with Crippen molar-refractivity contribution in [3.8, 4) is 5.75 Å². The van der Waals surface area contributed by atoms with Crippen molar-refractivity contribution in [3.05, 3.63) is 53.6 Å². The van der Waals surface area contributed by atoms with Crippen molar-refractivity contribution in [1.82, 2.24) is 4.31 Å². The monoisotopic (exact) mass is 414 g/mol. The number of rotatable bonds is 4. The van der Waals surface area contributed by atoms with E-state index in [-0.39, 0.29) is 18.0 Å². The van der Waals surface area contributed by atoms with Crippen LogP contribution >= 0.6 is 0 Å². The quantitative estimate of drug-likeness (QED) is 0.768. The molecule has 0 atom stereocenters. The van der Waals surface area contributed by atoms with Gasteiger partial charge in [0.15, 0.2) is 0 Å². The number of sulfonamides is 1.